The molecule has 0 aliphatic rings. The molecule has 0 fully saturated rings. The molecule has 0 bridgehead atoms. The van der Waals surface area contributed by atoms with Crippen molar-refractivity contribution in [3.8, 4) is 0 Å². The third kappa shape index (κ3) is 5.07. The molecule has 0 aliphatic carbocycles. The van der Waals surface area contributed by atoms with Crippen LogP contribution in [-0.4, -0.2) is 51.4 Å². The highest BCUT2D eigenvalue weighted by molar-refractivity contribution is 7.98. The van der Waals surface area contributed by atoms with E-state index in [-0.39, 0.29) is 0 Å². The van der Waals surface area contributed by atoms with E-state index < -0.39 is 10.0 Å². The van der Waals surface area contributed by atoms with E-state index in [0.717, 1.165) is 30.1 Å². The van der Waals surface area contributed by atoms with Gasteiger partial charge in [-0.25, -0.2) is 8.42 Å². The van der Waals surface area contributed by atoms with Crippen LogP contribution >= 0.6 is 23.1 Å². The first kappa shape index (κ1) is 17.0. The van der Waals surface area contributed by atoms with Gasteiger partial charge in [0.1, 0.15) is 4.21 Å². The zero-order valence-electron chi connectivity index (χ0n) is 11.7. The molecular formula is C12H22N2O2S3. The van der Waals surface area contributed by atoms with Gasteiger partial charge in [-0.3, -0.25) is 0 Å². The van der Waals surface area contributed by atoms with Crippen LogP contribution in [-0.2, 0) is 16.4 Å². The number of nitrogens with one attached hydrogen (secondary N) is 1. The molecule has 0 atom stereocenters. The molecule has 1 rings (SSSR count). The summed E-state index contributed by atoms with van der Waals surface area (Å²) in [5.74, 6) is 0.814. The second-order valence-corrected chi connectivity index (χ2v) is 8.57. The molecule has 1 aromatic rings. The fourth-order valence-corrected chi connectivity index (χ4v) is 4.82. The minimum absolute atomic E-state index is 0.447. The van der Waals surface area contributed by atoms with Gasteiger partial charge in [-0.05, 0) is 37.9 Å². The van der Waals surface area contributed by atoms with Crippen molar-refractivity contribution < 1.29 is 8.42 Å². The highest BCUT2D eigenvalue weighted by Gasteiger charge is 2.22. The topological polar surface area (TPSA) is 49.4 Å². The number of thioether (sulfide) groups is 1. The van der Waals surface area contributed by atoms with Gasteiger partial charge in [0.05, 0.1) is 0 Å². The molecule has 0 aliphatic heterocycles. The summed E-state index contributed by atoms with van der Waals surface area (Å²) in [5.41, 5.74) is 0. The SMILES string of the molecule is CCNCCc1ccc(S(=O)(=O)N(C)CCSC)s1. The Labute approximate surface area is 124 Å². The van der Waals surface area contributed by atoms with E-state index in [1.165, 1.54) is 15.6 Å². The molecule has 1 N–H and O–H groups in total. The molecule has 0 radical (unpaired) electrons. The summed E-state index contributed by atoms with van der Waals surface area (Å²) < 4.78 is 26.5. The lowest BCUT2D eigenvalue weighted by atomic mass is 10.3. The smallest absolute Gasteiger partial charge is 0.252 e. The molecule has 1 heterocycles. The van der Waals surface area contributed by atoms with E-state index in [4.69, 9.17) is 0 Å². The standard InChI is InChI=1S/C12H22N2O2S3/c1-4-13-8-7-11-5-6-12(18-11)19(15,16)14(2)9-10-17-3/h5-6,13H,4,7-10H2,1-3H3. The average Bonchev–Trinajstić information content (AvgIpc) is 2.85. The van der Waals surface area contributed by atoms with E-state index >= 15 is 0 Å². The average molecular weight is 323 g/mol. The van der Waals surface area contributed by atoms with Gasteiger partial charge in [0.15, 0.2) is 0 Å². The number of sulfonamides is 1. The monoisotopic (exact) mass is 322 g/mol. The van der Waals surface area contributed by atoms with Crippen molar-refractivity contribution >= 4 is 33.1 Å². The number of likely N-dealkylation sites (N-methyl/N-ethyl adjacent to an activating group) is 1. The van der Waals surface area contributed by atoms with Crippen LogP contribution in [0.5, 0.6) is 0 Å². The summed E-state index contributed by atoms with van der Waals surface area (Å²) in [6, 6.07) is 3.63. The van der Waals surface area contributed by atoms with E-state index in [9.17, 15) is 8.42 Å². The minimum Gasteiger partial charge on any atom is -0.317 e. The van der Waals surface area contributed by atoms with Gasteiger partial charge >= 0.3 is 0 Å². The molecule has 0 amide bonds. The first-order valence-corrected chi connectivity index (χ1v) is 9.92. The van der Waals surface area contributed by atoms with Gasteiger partial charge in [-0.15, -0.1) is 11.3 Å². The van der Waals surface area contributed by atoms with E-state index in [0.29, 0.717) is 10.8 Å². The Morgan fingerprint density at radius 1 is 1.42 bits per heavy atom. The third-order valence-corrected chi connectivity index (χ3v) is 6.77. The lowest BCUT2D eigenvalue weighted by molar-refractivity contribution is 0.490. The molecule has 7 heteroatoms. The maximum absolute atomic E-state index is 12.3. The highest BCUT2D eigenvalue weighted by Crippen LogP contribution is 2.24. The van der Waals surface area contributed by atoms with Gasteiger partial charge in [0.2, 0.25) is 0 Å². The summed E-state index contributed by atoms with van der Waals surface area (Å²) in [7, 11) is -1.66. The summed E-state index contributed by atoms with van der Waals surface area (Å²) in [6.45, 7) is 4.44. The van der Waals surface area contributed by atoms with Crippen LogP contribution in [0.4, 0.5) is 0 Å². The molecule has 0 saturated heterocycles. The number of hydrogen-bond acceptors (Lipinski definition) is 5. The largest absolute Gasteiger partial charge is 0.317 e. The third-order valence-electron chi connectivity index (χ3n) is 2.71. The Kier molecular flexibility index (Phi) is 7.38. The first-order chi connectivity index (χ1) is 9.02. The van der Waals surface area contributed by atoms with Crippen molar-refractivity contribution in [2.45, 2.75) is 17.6 Å². The normalized spacial score (nSPS) is 12.2. The van der Waals surface area contributed by atoms with Crippen molar-refractivity contribution in [2.24, 2.45) is 0 Å². The van der Waals surface area contributed by atoms with Crippen LogP contribution in [0.25, 0.3) is 0 Å². The maximum Gasteiger partial charge on any atom is 0.252 e. The second-order valence-electron chi connectivity index (χ2n) is 4.14. The quantitative estimate of drug-likeness (QED) is 0.705. The molecule has 0 spiro atoms. The van der Waals surface area contributed by atoms with Crippen LogP contribution in [0.2, 0.25) is 0 Å². The van der Waals surface area contributed by atoms with Crippen LogP contribution in [0, 0.1) is 0 Å². The molecule has 4 nitrogen and oxygen atoms in total. The van der Waals surface area contributed by atoms with Crippen molar-refractivity contribution in [2.75, 3.05) is 38.7 Å². The van der Waals surface area contributed by atoms with Gasteiger partial charge < -0.3 is 5.32 Å². The fourth-order valence-electron chi connectivity index (χ4n) is 1.51. The predicted octanol–water partition coefficient (Wildman–Crippen LogP) is 1.88. The Bertz CT molecular complexity index is 471. The van der Waals surface area contributed by atoms with Crippen molar-refractivity contribution in [3.63, 3.8) is 0 Å². The highest BCUT2D eigenvalue weighted by atomic mass is 32.2. The van der Waals surface area contributed by atoms with E-state index in [1.807, 2.05) is 12.3 Å². The number of rotatable bonds is 9. The van der Waals surface area contributed by atoms with Gasteiger partial charge in [-0.1, -0.05) is 6.92 Å². The van der Waals surface area contributed by atoms with Gasteiger partial charge in [0.25, 0.3) is 10.0 Å². The first-order valence-electron chi connectivity index (χ1n) is 6.27. The van der Waals surface area contributed by atoms with Crippen LogP contribution in [0.3, 0.4) is 0 Å². The summed E-state index contributed by atoms with van der Waals surface area (Å²) >= 11 is 3.02. The molecule has 110 valence electrons. The Morgan fingerprint density at radius 3 is 2.79 bits per heavy atom. The lowest BCUT2D eigenvalue weighted by Crippen LogP contribution is -2.28. The number of thiophene rings is 1. The molecule has 0 unspecified atom stereocenters. The summed E-state index contributed by atoms with van der Waals surface area (Å²) in [5, 5.41) is 3.24. The molecule has 1 aromatic heterocycles. The van der Waals surface area contributed by atoms with Crippen molar-refractivity contribution in [1.29, 1.82) is 0 Å². The second kappa shape index (κ2) is 8.26. The van der Waals surface area contributed by atoms with E-state index in [2.05, 4.69) is 12.2 Å². The maximum atomic E-state index is 12.3. The van der Waals surface area contributed by atoms with Crippen LogP contribution < -0.4 is 5.32 Å². The minimum atomic E-state index is -3.30. The number of nitrogens with zero attached hydrogens (tertiary/aromatic N) is 1. The molecular weight excluding hydrogens is 300 g/mol. The summed E-state index contributed by atoms with van der Waals surface area (Å²) in [6.07, 6.45) is 2.85. The molecule has 0 saturated carbocycles. The van der Waals surface area contributed by atoms with Crippen LogP contribution in [0.15, 0.2) is 16.3 Å². The fraction of sp³-hybridized carbons (Fsp3) is 0.667. The Morgan fingerprint density at radius 2 is 2.16 bits per heavy atom. The van der Waals surface area contributed by atoms with Crippen LogP contribution in [0.1, 0.15) is 11.8 Å². The Hall–Kier alpha value is -0.0800. The number of hydrogen-bond donors (Lipinski definition) is 1. The van der Waals surface area contributed by atoms with Crippen molar-refractivity contribution in [1.82, 2.24) is 9.62 Å². The zero-order valence-corrected chi connectivity index (χ0v) is 14.1. The van der Waals surface area contributed by atoms with E-state index in [1.54, 1.807) is 24.9 Å². The lowest BCUT2D eigenvalue weighted by Gasteiger charge is -2.14. The predicted molar refractivity (Wildman–Crippen MR) is 84.8 cm³/mol. The zero-order chi connectivity index (χ0) is 14.3. The summed E-state index contributed by atoms with van der Waals surface area (Å²) in [4.78, 5) is 1.11. The van der Waals surface area contributed by atoms with Crippen molar-refractivity contribution in [3.05, 3.63) is 17.0 Å². The van der Waals surface area contributed by atoms with Gasteiger partial charge in [-0.2, -0.15) is 16.1 Å². The van der Waals surface area contributed by atoms with Gasteiger partial charge in [0, 0.05) is 24.2 Å². The molecule has 19 heavy (non-hydrogen) atoms. The Balaban J connectivity index is 2.68. The molecule has 0 aromatic carbocycles.